The fraction of sp³-hybridized carbons (Fsp3) is 0.548. The van der Waals surface area contributed by atoms with Crippen LogP contribution in [0.25, 0.3) is 0 Å². The summed E-state index contributed by atoms with van der Waals surface area (Å²) in [5.41, 5.74) is 2.80. The van der Waals surface area contributed by atoms with Crippen LogP contribution in [0.15, 0.2) is 42.5 Å². The monoisotopic (exact) mass is 533 g/mol. The molecule has 0 saturated heterocycles. The molecular weight excluding hydrogens is 490 g/mol. The number of aromatic amines is 1. The summed E-state index contributed by atoms with van der Waals surface area (Å²) in [5, 5.41) is 18.3. The average molecular weight is 534 g/mol. The Morgan fingerprint density at radius 2 is 1.72 bits per heavy atom. The largest absolute Gasteiger partial charge is 0.493 e. The van der Waals surface area contributed by atoms with E-state index in [4.69, 9.17) is 9.47 Å². The fourth-order valence-electron chi connectivity index (χ4n) is 5.81. The number of benzene rings is 2. The molecule has 1 fully saturated rings. The van der Waals surface area contributed by atoms with Gasteiger partial charge in [-0.05, 0) is 82.1 Å². The highest BCUT2D eigenvalue weighted by molar-refractivity contribution is 5.80. The minimum atomic E-state index is -0.563. The Kier molecular flexibility index (Phi) is 9.96. The van der Waals surface area contributed by atoms with Crippen molar-refractivity contribution in [2.45, 2.75) is 90.5 Å². The van der Waals surface area contributed by atoms with Crippen LogP contribution in [0.1, 0.15) is 94.1 Å². The molecule has 8 heteroatoms. The molecule has 2 aromatic carbocycles. The molecule has 1 amide bonds. The van der Waals surface area contributed by atoms with E-state index in [-0.39, 0.29) is 17.7 Å². The summed E-state index contributed by atoms with van der Waals surface area (Å²) in [7, 11) is 0. The van der Waals surface area contributed by atoms with E-state index in [2.05, 4.69) is 69.3 Å². The number of aryl methyl sites for hydroxylation is 1. The van der Waals surface area contributed by atoms with Crippen molar-refractivity contribution < 1.29 is 14.3 Å². The van der Waals surface area contributed by atoms with Crippen LogP contribution in [0.2, 0.25) is 0 Å². The van der Waals surface area contributed by atoms with Crippen molar-refractivity contribution in [2.75, 3.05) is 13.2 Å². The molecule has 1 aromatic heterocycles. The minimum Gasteiger partial charge on any atom is -0.493 e. The van der Waals surface area contributed by atoms with Gasteiger partial charge in [0.25, 0.3) is 0 Å². The quantitative estimate of drug-likeness (QED) is 0.246. The van der Waals surface area contributed by atoms with Crippen LogP contribution in [0, 0.1) is 12.8 Å². The molecule has 0 bridgehead atoms. The van der Waals surface area contributed by atoms with Gasteiger partial charge in [0.15, 0.2) is 5.82 Å². The molecule has 2 unspecified atom stereocenters. The number of rotatable bonds is 14. The van der Waals surface area contributed by atoms with Crippen LogP contribution in [-0.2, 0) is 16.8 Å². The molecule has 210 valence electrons. The van der Waals surface area contributed by atoms with Crippen LogP contribution in [0.5, 0.6) is 11.5 Å². The lowest BCUT2D eigenvalue weighted by molar-refractivity contribution is -0.128. The van der Waals surface area contributed by atoms with E-state index in [1.54, 1.807) is 0 Å². The van der Waals surface area contributed by atoms with Crippen LogP contribution in [0.4, 0.5) is 0 Å². The van der Waals surface area contributed by atoms with Crippen molar-refractivity contribution in [3.8, 4) is 11.5 Å². The first kappa shape index (κ1) is 28.6. The molecule has 4 rings (SSSR count). The van der Waals surface area contributed by atoms with Crippen molar-refractivity contribution in [3.05, 3.63) is 65.0 Å². The second-order valence-corrected chi connectivity index (χ2v) is 10.6. The van der Waals surface area contributed by atoms with Gasteiger partial charge in [-0.3, -0.25) is 4.79 Å². The molecule has 0 aliphatic heterocycles. The Hall–Kier alpha value is -3.42. The summed E-state index contributed by atoms with van der Waals surface area (Å²) in [5.74, 6) is 1.99. The molecule has 0 radical (unpaired) electrons. The van der Waals surface area contributed by atoms with E-state index in [1.165, 1.54) is 5.56 Å². The third-order valence-electron chi connectivity index (χ3n) is 8.07. The normalized spacial score (nSPS) is 16.0. The summed E-state index contributed by atoms with van der Waals surface area (Å²) in [6.45, 7) is 9.28. The van der Waals surface area contributed by atoms with Crippen molar-refractivity contribution in [2.24, 2.45) is 5.92 Å². The lowest BCUT2D eigenvalue weighted by Crippen LogP contribution is -2.48. The molecule has 2 N–H and O–H groups in total. The SMILES string of the molecule is CCOc1cc(C(C)C(CCCCc2ccccc2)C(=O)NC2(c3nn[nH]n3)CCCC2)cc(OCC)c1C. The Morgan fingerprint density at radius 1 is 1.05 bits per heavy atom. The van der Waals surface area contributed by atoms with E-state index in [0.29, 0.717) is 19.0 Å². The number of hydrogen-bond acceptors (Lipinski definition) is 6. The summed E-state index contributed by atoms with van der Waals surface area (Å²) in [4.78, 5) is 14.1. The molecule has 2 atom stereocenters. The summed E-state index contributed by atoms with van der Waals surface area (Å²) >= 11 is 0. The zero-order chi connectivity index (χ0) is 27.7. The van der Waals surface area contributed by atoms with Gasteiger partial charge in [-0.1, -0.05) is 61.7 Å². The lowest BCUT2D eigenvalue weighted by Gasteiger charge is -2.32. The van der Waals surface area contributed by atoms with Crippen LogP contribution in [-0.4, -0.2) is 39.7 Å². The summed E-state index contributed by atoms with van der Waals surface area (Å²) in [6, 6.07) is 14.7. The smallest absolute Gasteiger partial charge is 0.224 e. The van der Waals surface area contributed by atoms with Crippen LogP contribution >= 0.6 is 0 Å². The average Bonchev–Trinajstić information content (AvgIpc) is 3.65. The number of carbonyl (C=O) groups excluding carboxylic acids is 1. The molecule has 39 heavy (non-hydrogen) atoms. The molecule has 1 aliphatic rings. The summed E-state index contributed by atoms with van der Waals surface area (Å²) in [6.07, 6.45) is 7.46. The van der Waals surface area contributed by atoms with Crippen molar-refractivity contribution >= 4 is 5.91 Å². The highest BCUT2D eigenvalue weighted by atomic mass is 16.5. The number of carbonyl (C=O) groups is 1. The van der Waals surface area contributed by atoms with Gasteiger partial charge in [-0.15, -0.1) is 10.2 Å². The second-order valence-electron chi connectivity index (χ2n) is 10.6. The standard InChI is InChI=1S/C31H43N5O3/c1-5-38-27-20-25(21-28(23(27)4)39-6-2)22(3)26(17-11-10-16-24-14-8-7-9-15-24)29(37)32-31(18-12-13-19-31)30-33-35-36-34-30/h7-9,14-15,20-22,26H,5-6,10-13,16-19H2,1-4H3,(H,32,37)(H,33,34,35,36). The Labute approximate surface area is 232 Å². The Morgan fingerprint density at radius 3 is 2.31 bits per heavy atom. The van der Waals surface area contributed by atoms with E-state index >= 15 is 0 Å². The van der Waals surface area contributed by atoms with E-state index in [1.807, 2.05) is 26.8 Å². The number of unbranched alkanes of at least 4 members (excludes halogenated alkanes) is 1. The van der Waals surface area contributed by atoms with E-state index in [0.717, 1.165) is 74.0 Å². The highest BCUT2D eigenvalue weighted by Crippen LogP contribution is 2.40. The van der Waals surface area contributed by atoms with Gasteiger partial charge in [0, 0.05) is 11.5 Å². The lowest BCUT2D eigenvalue weighted by atomic mass is 9.81. The zero-order valence-corrected chi connectivity index (χ0v) is 23.8. The van der Waals surface area contributed by atoms with Gasteiger partial charge in [0.2, 0.25) is 5.91 Å². The van der Waals surface area contributed by atoms with E-state index < -0.39 is 5.54 Å². The first-order chi connectivity index (χ1) is 19.0. The van der Waals surface area contributed by atoms with Crippen LogP contribution < -0.4 is 14.8 Å². The molecule has 3 aromatic rings. The molecule has 0 spiro atoms. The van der Waals surface area contributed by atoms with Crippen molar-refractivity contribution in [1.29, 1.82) is 0 Å². The predicted molar refractivity (Wildman–Crippen MR) is 152 cm³/mol. The predicted octanol–water partition coefficient (Wildman–Crippen LogP) is 6.02. The maximum atomic E-state index is 14.1. The summed E-state index contributed by atoms with van der Waals surface area (Å²) < 4.78 is 11.9. The van der Waals surface area contributed by atoms with Gasteiger partial charge < -0.3 is 14.8 Å². The topological polar surface area (TPSA) is 102 Å². The number of H-pyrrole nitrogens is 1. The van der Waals surface area contributed by atoms with Crippen molar-refractivity contribution in [3.63, 3.8) is 0 Å². The Balaban J connectivity index is 1.58. The van der Waals surface area contributed by atoms with Gasteiger partial charge in [-0.2, -0.15) is 5.21 Å². The number of amides is 1. The number of nitrogens with one attached hydrogen (secondary N) is 2. The third-order valence-corrected chi connectivity index (χ3v) is 8.07. The van der Waals surface area contributed by atoms with E-state index in [9.17, 15) is 4.79 Å². The number of ether oxygens (including phenoxy) is 2. The minimum absolute atomic E-state index is 0.0375. The first-order valence-electron chi connectivity index (χ1n) is 14.5. The third kappa shape index (κ3) is 6.97. The van der Waals surface area contributed by atoms with Gasteiger partial charge in [0.1, 0.15) is 17.0 Å². The number of hydrogen-bond donors (Lipinski definition) is 2. The number of tetrazole rings is 1. The molecule has 1 saturated carbocycles. The molecule has 1 heterocycles. The highest BCUT2D eigenvalue weighted by Gasteiger charge is 2.42. The number of nitrogens with zero attached hydrogens (tertiary/aromatic N) is 3. The van der Waals surface area contributed by atoms with Gasteiger partial charge in [0.05, 0.1) is 13.2 Å². The van der Waals surface area contributed by atoms with Crippen LogP contribution in [0.3, 0.4) is 0 Å². The number of aromatic nitrogens is 4. The van der Waals surface area contributed by atoms with Gasteiger partial charge >= 0.3 is 0 Å². The Bertz CT molecular complexity index is 1150. The maximum Gasteiger partial charge on any atom is 0.224 e. The fourth-order valence-corrected chi connectivity index (χ4v) is 5.81. The zero-order valence-electron chi connectivity index (χ0n) is 23.8. The van der Waals surface area contributed by atoms with Crippen molar-refractivity contribution in [1.82, 2.24) is 25.9 Å². The van der Waals surface area contributed by atoms with Gasteiger partial charge in [-0.25, -0.2) is 0 Å². The molecule has 8 nitrogen and oxygen atoms in total. The first-order valence-corrected chi connectivity index (χ1v) is 14.5. The second kappa shape index (κ2) is 13.6. The molecule has 1 aliphatic carbocycles. The maximum absolute atomic E-state index is 14.1. The molecular formula is C31H43N5O3.